The van der Waals surface area contributed by atoms with Crippen LogP contribution < -0.4 is 0 Å². The van der Waals surface area contributed by atoms with Crippen LogP contribution in [0.1, 0.15) is 108 Å². The van der Waals surface area contributed by atoms with Crippen molar-refractivity contribution in [3.63, 3.8) is 0 Å². The normalized spacial score (nSPS) is 26.8. The molecular formula is C28H47BO3Si. The smallest absolute Gasteiger partial charge is 0.399 e. The Morgan fingerprint density at radius 3 is 1.73 bits per heavy atom. The highest BCUT2D eigenvalue weighted by Gasteiger charge is 2.69. The van der Waals surface area contributed by atoms with Crippen LogP contribution in [0.4, 0.5) is 0 Å². The summed E-state index contributed by atoms with van der Waals surface area (Å²) in [5, 5.41) is 1.53. The lowest BCUT2D eigenvalue weighted by atomic mass is 9.66. The van der Waals surface area contributed by atoms with Gasteiger partial charge in [-0.25, -0.2) is 0 Å². The Morgan fingerprint density at radius 1 is 0.818 bits per heavy atom. The highest BCUT2D eigenvalue weighted by atomic mass is 28.4. The van der Waals surface area contributed by atoms with E-state index in [1.54, 1.807) is 0 Å². The van der Waals surface area contributed by atoms with Gasteiger partial charge in [-0.15, -0.1) is 0 Å². The molecule has 0 radical (unpaired) electrons. The number of hydrogen-bond donors (Lipinski definition) is 0. The molecule has 3 rings (SSSR count). The van der Waals surface area contributed by atoms with Gasteiger partial charge in [-0.05, 0) is 62.2 Å². The van der Waals surface area contributed by atoms with Gasteiger partial charge in [-0.1, -0.05) is 96.8 Å². The van der Waals surface area contributed by atoms with Crippen molar-refractivity contribution in [1.29, 1.82) is 0 Å². The Morgan fingerprint density at radius 2 is 1.30 bits per heavy atom. The largest absolute Gasteiger partial charge is 0.493 e. The molecule has 1 fully saturated rings. The molecule has 2 heterocycles. The van der Waals surface area contributed by atoms with Crippen LogP contribution in [0.5, 0.6) is 0 Å². The van der Waals surface area contributed by atoms with E-state index in [1.807, 2.05) is 0 Å². The maximum absolute atomic E-state index is 7.63. The third-order valence-corrected chi connectivity index (χ3v) is 14.6. The Hall–Kier alpha value is -0.878. The zero-order valence-corrected chi connectivity index (χ0v) is 24.3. The van der Waals surface area contributed by atoms with Gasteiger partial charge in [0.05, 0.1) is 16.8 Å². The van der Waals surface area contributed by atoms with Crippen molar-refractivity contribution in [3.05, 3.63) is 46.6 Å². The lowest BCUT2D eigenvalue weighted by molar-refractivity contribution is 0.00578. The minimum Gasteiger partial charge on any atom is -0.399 e. The lowest BCUT2D eigenvalue weighted by Crippen LogP contribution is -2.56. The molecule has 0 aromatic heterocycles. The van der Waals surface area contributed by atoms with E-state index in [2.05, 4.69) is 113 Å². The fourth-order valence-electron chi connectivity index (χ4n) is 6.20. The van der Waals surface area contributed by atoms with E-state index in [1.165, 1.54) is 16.2 Å². The molecule has 184 valence electrons. The predicted molar refractivity (Wildman–Crippen MR) is 143 cm³/mol. The Kier molecular flexibility index (Phi) is 6.77. The molecule has 0 N–H and O–H groups in total. The lowest BCUT2D eigenvalue weighted by Gasteiger charge is -2.51. The van der Waals surface area contributed by atoms with Gasteiger partial charge >= 0.3 is 7.12 Å². The monoisotopic (exact) mass is 470 g/mol. The van der Waals surface area contributed by atoms with E-state index < -0.39 is 32.2 Å². The van der Waals surface area contributed by atoms with Crippen LogP contribution in [0, 0.1) is 0 Å². The third kappa shape index (κ3) is 4.11. The SMILES string of the molecule is CCCCC1=C(B2OC(C)(C)C(C)(C)O2)C(C)(c2ccccc2)O[Si]1(C(C)(C)C)C(C)(C)C. The minimum absolute atomic E-state index is 0.00968. The Labute approximate surface area is 204 Å². The van der Waals surface area contributed by atoms with Crippen molar-refractivity contribution in [2.45, 2.75) is 129 Å². The Bertz CT molecular complexity index is 862. The molecule has 1 aromatic carbocycles. The number of allylic oxidation sites excluding steroid dienone is 1. The van der Waals surface area contributed by atoms with E-state index in [-0.39, 0.29) is 10.1 Å². The maximum Gasteiger partial charge on any atom is 0.493 e. The van der Waals surface area contributed by atoms with Crippen molar-refractivity contribution in [3.8, 4) is 0 Å². The van der Waals surface area contributed by atoms with Gasteiger partial charge in [0.15, 0.2) is 0 Å². The summed E-state index contributed by atoms with van der Waals surface area (Å²) in [5.74, 6) is 0. The molecule has 0 spiro atoms. The molecule has 2 aliphatic rings. The van der Waals surface area contributed by atoms with Gasteiger partial charge in [0.25, 0.3) is 0 Å². The second kappa shape index (κ2) is 8.36. The highest BCUT2D eigenvalue weighted by molar-refractivity contribution is 6.88. The van der Waals surface area contributed by atoms with Crippen LogP contribution in [0.25, 0.3) is 0 Å². The Balaban J connectivity index is 2.39. The van der Waals surface area contributed by atoms with Crippen molar-refractivity contribution >= 4 is 15.4 Å². The first-order valence-electron chi connectivity index (χ1n) is 12.8. The van der Waals surface area contributed by atoms with Gasteiger partial charge in [0.1, 0.15) is 0 Å². The molecule has 1 unspecified atom stereocenters. The average molecular weight is 471 g/mol. The van der Waals surface area contributed by atoms with Gasteiger partial charge in [0.2, 0.25) is 8.32 Å². The van der Waals surface area contributed by atoms with Crippen LogP contribution in [-0.2, 0) is 19.3 Å². The second-order valence-electron chi connectivity index (χ2n) is 13.3. The summed E-state index contributed by atoms with van der Waals surface area (Å²) in [7, 11) is -2.94. The molecule has 0 amide bonds. The molecule has 33 heavy (non-hydrogen) atoms. The number of unbranched alkanes of at least 4 members (excludes halogenated alkanes) is 1. The number of hydrogen-bond acceptors (Lipinski definition) is 3. The fraction of sp³-hybridized carbons (Fsp3) is 0.714. The predicted octanol–water partition coefficient (Wildman–Crippen LogP) is 8.14. The van der Waals surface area contributed by atoms with Crippen molar-refractivity contribution in [1.82, 2.24) is 0 Å². The molecule has 0 bridgehead atoms. The summed E-state index contributed by atoms with van der Waals surface area (Å²) < 4.78 is 21.1. The van der Waals surface area contributed by atoms with E-state index in [4.69, 9.17) is 13.7 Å². The standard InChI is InChI=1S/C28H47BO3Si/c1-13-14-20-22-23(29-30-26(8,9)27(10,11)31-29)28(12,21-18-16-15-17-19-21)32-33(22,24(2,3)4)25(5,6)7/h15-19H,13-14,20H2,1-12H3. The topological polar surface area (TPSA) is 27.7 Å². The summed E-state index contributed by atoms with van der Waals surface area (Å²) in [6, 6.07) is 10.7. The summed E-state index contributed by atoms with van der Waals surface area (Å²) in [4.78, 5) is 0. The summed E-state index contributed by atoms with van der Waals surface area (Å²) in [6.07, 6.45) is 3.34. The quantitative estimate of drug-likeness (QED) is 0.407. The van der Waals surface area contributed by atoms with E-state index in [0.29, 0.717) is 0 Å². The van der Waals surface area contributed by atoms with Crippen molar-refractivity contribution in [2.75, 3.05) is 0 Å². The first-order valence-corrected chi connectivity index (χ1v) is 14.7. The molecule has 3 nitrogen and oxygen atoms in total. The average Bonchev–Trinajstić information content (AvgIpc) is 3.08. The van der Waals surface area contributed by atoms with Gasteiger partial charge in [0, 0.05) is 0 Å². The van der Waals surface area contributed by atoms with Gasteiger partial charge in [-0.2, -0.15) is 0 Å². The second-order valence-corrected chi connectivity index (χ2v) is 18.4. The van der Waals surface area contributed by atoms with Crippen molar-refractivity contribution < 1.29 is 13.7 Å². The minimum atomic E-state index is -2.52. The van der Waals surface area contributed by atoms with Crippen molar-refractivity contribution in [2.24, 2.45) is 0 Å². The molecule has 1 saturated heterocycles. The molecular weight excluding hydrogens is 423 g/mol. The van der Waals surface area contributed by atoms with E-state index >= 15 is 0 Å². The number of rotatable bonds is 5. The molecule has 1 aromatic rings. The summed E-state index contributed by atoms with van der Waals surface area (Å²) >= 11 is 0. The first kappa shape index (κ1) is 26.7. The first-order chi connectivity index (χ1) is 14.9. The van der Waals surface area contributed by atoms with Crippen LogP contribution >= 0.6 is 0 Å². The summed E-state index contributed by atoms with van der Waals surface area (Å²) in [6.45, 7) is 27.4. The van der Waals surface area contributed by atoms with Crippen LogP contribution in [0.2, 0.25) is 10.1 Å². The van der Waals surface area contributed by atoms with Crippen LogP contribution in [0.15, 0.2) is 41.0 Å². The molecule has 0 aliphatic carbocycles. The zero-order chi connectivity index (χ0) is 25.1. The van der Waals surface area contributed by atoms with E-state index in [9.17, 15) is 0 Å². The number of benzene rings is 1. The van der Waals surface area contributed by atoms with Gasteiger partial charge < -0.3 is 13.7 Å². The molecule has 5 heteroatoms. The van der Waals surface area contributed by atoms with Crippen LogP contribution in [0.3, 0.4) is 0 Å². The maximum atomic E-state index is 7.63. The zero-order valence-electron chi connectivity index (χ0n) is 23.3. The van der Waals surface area contributed by atoms with Gasteiger partial charge in [-0.3, -0.25) is 0 Å². The molecule has 2 aliphatic heterocycles. The fourth-order valence-corrected chi connectivity index (χ4v) is 13.1. The molecule has 1 atom stereocenters. The highest BCUT2D eigenvalue weighted by Crippen LogP contribution is 2.65. The molecule has 0 saturated carbocycles. The summed E-state index contributed by atoms with van der Waals surface area (Å²) in [5.41, 5.74) is 1.05. The third-order valence-electron chi connectivity index (χ3n) is 8.33. The van der Waals surface area contributed by atoms with Crippen LogP contribution in [-0.4, -0.2) is 26.6 Å². The van der Waals surface area contributed by atoms with E-state index in [0.717, 1.165) is 19.3 Å².